The Balaban J connectivity index is 1.58. The predicted octanol–water partition coefficient (Wildman–Crippen LogP) is 8.95. The van der Waals surface area contributed by atoms with Gasteiger partial charge in [-0.05, 0) is 79.6 Å². The SMILES string of the molecule is CC(C)N1c2cc(C#N)ccc2-n2c3c1cc(-c1ccc(C#N)cc1)cc3c1ccc3c4ccccc4oc3c12. The van der Waals surface area contributed by atoms with E-state index >= 15 is 0 Å². The standard InChI is InChI=1S/C35H22N4O/c1-20(2)38-30-15-22(19-37)9-14-29(30)39-33-28(16-24(17-31(33)38)23-10-7-21(18-36)8-11-23)26-12-13-27-25-5-3-4-6-32(25)40-35(27)34(26)39/h3-17,20H,1-2H3. The van der Waals surface area contributed by atoms with Crippen LogP contribution in [0.3, 0.4) is 0 Å². The van der Waals surface area contributed by atoms with Crippen molar-refractivity contribution >= 4 is 55.1 Å². The van der Waals surface area contributed by atoms with Gasteiger partial charge in [0.05, 0.1) is 51.4 Å². The van der Waals surface area contributed by atoms with E-state index in [2.05, 4.69) is 71.9 Å². The normalized spacial score (nSPS) is 12.4. The van der Waals surface area contributed by atoms with Crippen LogP contribution in [-0.2, 0) is 0 Å². The number of furan rings is 1. The van der Waals surface area contributed by atoms with Crippen molar-refractivity contribution in [2.75, 3.05) is 4.90 Å². The summed E-state index contributed by atoms with van der Waals surface area (Å²) in [5.41, 5.74) is 10.3. The first-order valence-electron chi connectivity index (χ1n) is 13.3. The van der Waals surface area contributed by atoms with Gasteiger partial charge in [0, 0.05) is 27.6 Å². The summed E-state index contributed by atoms with van der Waals surface area (Å²) in [5.74, 6) is 0. The lowest BCUT2D eigenvalue weighted by atomic mass is 9.98. The fourth-order valence-corrected chi connectivity index (χ4v) is 6.37. The van der Waals surface area contributed by atoms with E-state index in [1.165, 1.54) is 0 Å². The summed E-state index contributed by atoms with van der Waals surface area (Å²) in [5, 5.41) is 23.5. The molecule has 0 amide bonds. The van der Waals surface area contributed by atoms with Crippen LogP contribution in [0.2, 0.25) is 0 Å². The van der Waals surface area contributed by atoms with E-state index in [0.29, 0.717) is 11.1 Å². The molecule has 0 unspecified atom stereocenters. The Kier molecular flexibility index (Phi) is 4.49. The van der Waals surface area contributed by atoms with Crippen molar-refractivity contribution in [2.24, 2.45) is 0 Å². The predicted molar refractivity (Wildman–Crippen MR) is 160 cm³/mol. The monoisotopic (exact) mass is 514 g/mol. The Morgan fingerprint density at radius 3 is 2.15 bits per heavy atom. The van der Waals surface area contributed by atoms with E-state index in [9.17, 15) is 10.5 Å². The molecule has 0 aliphatic carbocycles. The summed E-state index contributed by atoms with van der Waals surface area (Å²) >= 11 is 0. The lowest BCUT2D eigenvalue weighted by molar-refractivity contribution is 0.671. The molecule has 7 aromatic rings. The van der Waals surface area contributed by atoms with E-state index < -0.39 is 0 Å². The Morgan fingerprint density at radius 2 is 1.38 bits per heavy atom. The molecule has 0 saturated carbocycles. The van der Waals surface area contributed by atoms with E-state index in [4.69, 9.17) is 4.42 Å². The van der Waals surface area contributed by atoms with Crippen LogP contribution in [0.4, 0.5) is 11.4 Å². The molecular formula is C35H22N4O. The number of anilines is 2. The Labute approximate surface area is 230 Å². The second-order valence-corrected chi connectivity index (χ2v) is 10.6. The van der Waals surface area contributed by atoms with Crippen molar-refractivity contribution in [3.8, 4) is 29.0 Å². The lowest BCUT2D eigenvalue weighted by Gasteiger charge is -2.36. The first-order chi connectivity index (χ1) is 19.6. The molecule has 0 spiro atoms. The number of fused-ring (bicyclic) bond motifs is 9. The highest BCUT2D eigenvalue weighted by Crippen LogP contribution is 2.51. The molecule has 40 heavy (non-hydrogen) atoms. The van der Waals surface area contributed by atoms with Crippen molar-refractivity contribution in [1.82, 2.24) is 4.57 Å². The summed E-state index contributed by atoms with van der Waals surface area (Å²) in [4.78, 5) is 2.33. The van der Waals surface area contributed by atoms with Crippen molar-refractivity contribution < 1.29 is 4.42 Å². The van der Waals surface area contributed by atoms with Gasteiger partial charge in [0.2, 0.25) is 0 Å². The number of hydrogen-bond donors (Lipinski definition) is 0. The average Bonchev–Trinajstić information content (AvgIpc) is 3.53. The zero-order valence-electron chi connectivity index (χ0n) is 21.9. The molecule has 3 heterocycles. The Morgan fingerprint density at radius 1 is 0.625 bits per heavy atom. The highest BCUT2D eigenvalue weighted by Gasteiger charge is 2.31. The van der Waals surface area contributed by atoms with Crippen LogP contribution in [0.5, 0.6) is 0 Å². The zero-order valence-corrected chi connectivity index (χ0v) is 21.9. The molecule has 1 aliphatic rings. The van der Waals surface area contributed by atoms with Crippen molar-refractivity contribution in [3.63, 3.8) is 0 Å². The molecule has 8 rings (SSSR count). The minimum absolute atomic E-state index is 0.144. The van der Waals surface area contributed by atoms with E-state index in [0.717, 1.165) is 71.9 Å². The van der Waals surface area contributed by atoms with Crippen LogP contribution in [0, 0.1) is 22.7 Å². The topological polar surface area (TPSA) is 68.9 Å². The van der Waals surface area contributed by atoms with E-state index in [1.54, 1.807) is 0 Å². The van der Waals surface area contributed by atoms with Crippen LogP contribution in [0.1, 0.15) is 25.0 Å². The molecule has 0 atom stereocenters. The van der Waals surface area contributed by atoms with Crippen molar-refractivity contribution in [1.29, 1.82) is 10.5 Å². The second-order valence-electron chi connectivity index (χ2n) is 10.6. The smallest absolute Gasteiger partial charge is 0.160 e. The molecule has 0 bridgehead atoms. The number of benzene rings is 5. The fraction of sp³-hybridized carbons (Fsp3) is 0.0857. The zero-order chi connectivity index (χ0) is 27.1. The third-order valence-electron chi connectivity index (χ3n) is 8.08. The van der Waals surface area contributed by atoms with Crippen molar-refractivity contribution in [3.05, 3.63) is 102 Å². The maximum absolute atomic E-state index is 9.79. The van der Waals surface area contributed by atoms with Crippen LogP contribution in [0.15, 0.2) is 95.4 Å². The Hall–Kier alpha value is -5.52. The van der Waals surface area contributed by atoms with Gasteiger partial charge < -0.3 is 13.9 Å². The molecule has 2 aromatic heterocycles. The van der Waals surface area contributed by atoms with Gasteiger partial charge in [-0.25, -0.2) is 0 Å². The van der Waals surface area contributed by atoms with Gasteiger partial charge in [-0.15, -0.1) is 0 Å². The van der Waals surface area contributed by atoms with Crippen LogP contribution < -0.4 is 4.90 Å². The van der Waals surface area contributed by atoms with Gasteiger partial charge in [0.15, 0.2) is 5.58 Å². The first kappa shape index (κ1) is 22.5. The average molecular weight is 515 g/mol. The summed E-state index contributed by atoms with van der Waals surface area (Å²) in [6.45, 7) is 4.36. The first-order valence-corrected chi connectivity index (χ1v) is 13.3. The number of rotatable bonds is 2. The van der Waals surface area contributed by atoms with E-state index in [1.807, 2.05) is 54.6 Å². The lowest BCUT2D eigenvalue weighted by Crippen LogP contribution is -2.29. The molecule has 5 aromatic carbocycles. The third kappa shape index (κ3) is 2.89. The summed E-state index contributed by atoms with van der Waals surface area (Å²) in [6.07, 6.45) is 0. The van der Waals surface area contributed by atoms with Gasteiger partial charge in [0.25, 0.3) is 0 Å². The molecule has 0 saturated heterocycles. The molecule has 188 valence electrons. The van der Waals surface area contributed by atoms with Gasteiger partial charge >= 0.3 is 0 Å². The molecule has 0 radical (unpaired) electrons. The van der Waals surface area contributed by atoms with Gasteiger partial charge in [0.1, 0.15) is 5.58 Å². The maximum Gasteiger partial charge on any atom is 0.160 e. The fourth-order valence-electron chi connectivity index (χ4n) is 6.37. The largest absolute Gasteiger partial charge is 0.454 e. The van der Waals surface area contributed by atoms with Gasteiger partial charge in [-0.3, -0.25) is 0 Å². The minimum atomic E-state index is 0.144. The quantitative estimate of drug-likeness (QED) is 0.231. The molecule has 0 N–H and O–H groups in total. The molecular weight excluding hydrogens is 492 g/mol. The number of nitrogens with zero attached hydrogens (tertiary/aromatic N) is 4. The molecule has 0 fully saturated rings. The number of nitriles is 2. The highest BCUT2D eigenvalue weighted by atomic mass is 16.3. The number of aromatic nitrogens is 1. The summed E-state index contributed by atoms with van der Waals surface area (Å²) < 4.78 is 8.88. The summed E-state index contributed by atoms with van der Waals surface area (Å²) in [7, 11) is 0. The van der Waals surface area contributed by atoms with Crippen LogP contribution in [0.25, 0.3) is 60.6 Å². The minimum Gasteiger partial charge on any atom is -0.454 e. The Bertz CT molecular complexity index is 2270. The van der Waals surface area contributed by atoms with Crippen LogP contribution >= 0.6 is 0 Å². The van der Waals surface area contributed by atoms with Gasteiger partial charge in [-0.2, -0.15) is 10.5 Å². The molecule has 5 nitrogen and oxygen atoms in total. The molecule has 1 aliphatic heterocycles. The summed E-state index contributed by atoms with van der Waals surface area (Å²) in [6, 6.07) is 35.4. The van der Waals surface area contributed by atoms with Crippen LogP contribution in [-0.4, -0.2) is 10.6 Å². The molecule has 5 heteroatoms. The van der Waals surface area contributed by atoms with Crippen molar-refractivity contribution in [2.45, 2.75) is 19.9 Å². The van der Waals surface area contributed by atoms with E-state index in [-0.39, 0.29) is 6.04 Å². The third-order valence-corrected chi connectivity index (χ3v) is 8.08. The number of hydrogen-bond acceptors (Lipinski definition) is 4. The highest BCUT2D eigenvalue weighted by molar-refractivity contribution is 6.24. The second kappa shape index (κ2) is 7.99. The number of para-hydroxylation sites is 1. The van der Waals surface area contributed by atoms with Gasteiger partial charge in [-0.1, -0.05) is 36.4 Å². The maximum atomic E-state index is 9.79.